The molecular weight excluding hydrogens is 394 g/mol. The van der Waals surface area contributed by atoms with E-state index in [1.807, 2.05) is 19.1 Å². The zero-order valence-corrected chi connectivity index (χ0v) is 16.1. The van der Waals surface area contributed by atoms with Crippen LogP contribution in [0.1, 0.15) is 27.9 Å². The Bertz CT molecular complexity index is 1000. The third-order valence-electron chi connectivity index (χ3n) is 3.88. The van der Waals surface area contributed by atoms with Gasteiger partial charge in [-0.1, -0.05) is 41.6 Å². The molecule has 1 aliphatic rings. The molecule has 1 heterocycles. The van der Waals surface area contributed by atoms with Crippen LogP contribution >= 0.6 is 11.8 Å². The van der Waals surface area contributed by atoms with Crippen LogP contribution in [0.3, 0.4) is 0 Å². The summed E-state index contributed by atoms with van der Waals surface area (Å²) >= 11 is 0.965. The SMILES string of the molecule is Cc1ccc(C(=O)Oc2ccccc2/C=N\N=C2\NC(=O)[C@@H](CC(=O)[O-])S2)cc1. The second-order valence-electron chi connectivity index (χ2n) is 6.11. The van der Waals surface area contributed by atoms with Gasteiger partial charge < -0.3 is 20.0 Å². The van der Waals surface area contributed by atoms with E-state index in [0.29, 0.717) is 16.9 Å². The summed E-state index contributed by atoms with van der Waals surface area (Å²) in [6.45, 7) is 1.92. The standard InChI is InChI=1S/C20H17N3O5S/c1-12-6-8-13(9-7-12)19(27)28-15-5-3-2-4-14(15)11-21-23-20-22-18(26)16(29-20)10-17(24)25/h2-9,11,16H,10H2,1H3,(H,24,25)(H,22,23,26)/p-1/b21-11-/t16-/m1/s1. The van der Waals surface area contributed by atoms with E-state index in [-0.39, 0.29) is 5.17 Å². The van der Waals surface area contributed by atoms with Crippen LogP contribution in [0, 0.1) is 6.92 Å². The summed E-state index contributed by atoms with van der Waals surface area (Å²) in [5.74, 6) is -1.96. The predicted octanol–water partition coefficient (Wildman–Crippen LogP) is 1.28. The molecule has 148 valence electrons. The molecule has 1 N–H and O–H groups in total. The summed E-state index contributed by atoms with van der Waals surface area (Å²) in [5, 5.41) is 20.3. The fourth-order valence-corrected chi connectivity index (χ4v) is 3.32. The quantitative estimate of drug-likeness (QED) is 0.331. The maximum Gasteiger partial charge on any atom is 0.343 e. The van der Waals surface area contributed by atoms with Crippen molar-refractivity contribution in [3.63, 3.8) is 0 Å². The number of carbonyl (C=O) groups is 3. The van der Waals surface area contributed by atoms with Crippen LogP contribution in [-0.4, -0.2) is 34.5 Å². The Kier molecular flexibility index (Phi) is 6.40. The molecule has 2 aromatic carbocycles. The second-order valence-corrected chi connectivity index (χ2v) is 7.31. The van der Waals surface area contributed by atoms with Crippen LogP contribution < -0.4 is 15.2 Å². The van der Waals surface area contributed by atoms with E-state index in [2.05, 4.69) is 15.5 Å². The highest BCUT2D eigenvalue weighted by atomic mass is 32.2. The van der Waals surface area contributed by atoms with Crippen LogP contribution in [0.4, 0.5) is 0 Å². The lowest BCUT2D eigenvalue weighted by Gasteiger charge is -2.07. The number of amidine groups is 1. The molecule has 9 heteroatoms. The van der Waals surface area contributed by atoms with Gasteiger partial charge in [0.05, 0.1) is 17.0 Å². The third kappa shape index (κ3) is 5.52. The molecule has 0 spiro atoms. The van der Waals surface area contributed by atoms with Crippen LogP contribution in [0.15, 0.2) is 58.7 Å². The highest BCUT2D eigenvalue weighted by Crippen LogP contribution is 2.22. The van der Waals surface area contributed by atoms with Gasteiger partial charge in [-0.3, -0.25) is 4.79 Å². The number of hydrogen-bond acceptors (Lipinski definition) is 8. The van der Waals surface area contributed by atoms with Crippen molar-refractivity contribution in [1.29, 1.82) is 0 Å². The zero-order valence-electron chi connectivity index (χ0n) is 15.3. The first-order valence-corrected chi connectivity index (χ1v) is 9.46. The monoisotopic (exact) mass is 410 g/mol. The number of para-hydroxylation sites is 1. The Labute approximate surface area is 170 Å². The van der Waals surface area contributed by atoms with Gasteiger partial charge in [0.15, 0.2) is 5.17 Å². The smallest absolute Gasteiger partial charge is 0.343 e. The van der Waals surface area contributed by atoms with Crippen molar-refractivity contribution in [1.82, 2.24) is 5.32 Å². The lowest BCUT2D eigenvalue weighted by Crippen LogP contribution is -2.31. The van der Waals surface area contributed by atoms with Gasteiger partial charge in [0.1, 0.15) is 5.75 Å². The van der Waals surface area contributed by atoms with Gasteiger partial charge in [-0.25, -0.2) is 4.79 Å². The van der Waals surface area contributed by atoms with Gasteiger partial charge in [-0.15, -0.1) is 5.10 Å². The van der Waals surface area contributed by atoms with Crippen LogP contribution in [0.25, 0.3) is 0 Å². The number of carbonyl (C=O) groups excluding carboxylic acids is 3. The molecule has 3 rings (SSSR count). The number of esters is 1. The normalized spacial score (nSPS) is 17.5. The Morgan fingerprint density at radius 2 is 1.93 bits per heavy atom. The van der Waals surface area contributed by atoms with Gasteiger partial charge in [-0.2, -0.15) is 5.10 Å². The topological polar surface area (TPSA) is 120 Å². The molecule has 1 atom stereocenters. The third-order valence-corrected chi connectivity index (χ3v) is 4.96. The van der Waals surface area contributed by atoms with Gasteiger partial charge >= 0.3 is 5.97 Å². The summed E-state index contributed by atoms with van der Waals surface area (Å²) < 4.78 is 5.45. The van der Waals surface area contributed by atoms with Crippen molar-refractivity contribution in [2.45, 2.75) is 18.6 Å². The van der Waals surface area contributed by atoms with Crippen molar-refractivity contribution in [2.24, 2.45) is 10.2 Å². The first-order valence-electron chi connectivity index (χ1n) is 8.58. The van der Waals surface area contributed by atoms with Crippen molar-refractivity contribution in [3.8, 4) is 5.75 Å². The van der Waals surface area contributed by atoms with E-state index in [0.717, 1.165) is 17.3 Å². The Hall–Kier alpha value is -3.46. The summed E-state index contributed by atoms with van der Waals surface area (Å²) in [6, 6.07) is 13.8. The molecule has 1 aliphatic heterocycles. The first-order chi connectivity index (χ1) is 13.9. The number of benzene rings is 2. The minimum atomic E-state index is -1.31. The fourth-order valence-electron chi connectivity index (χ4n) is 2.41. The largest absolute Gasteiger partial charge is 0.550 e. The Morgan fingerprint density at radius 3 is 2.66 bits per heavy atom. The summed E-state index contributed by atoms with van der Waals surface area (Å²) in [7, 11) is 0. The number of ether oxygens (including phenoxy) is 1. The highest BCUT2D eigenvalue weighted by molar-refractivity contribution is 8.15. The zero-order chi connectivity index (χ0) is 20.8. The predicted molar refractivity (Wildman–Crippen MR) is 107 cm³/mol. The average Bonchev–Trinajstić information content (AvgIpc) is 3.02. The summed E-state index contributed by atoms with van der Waals surface area (Å²) in [6.07, 6.45) is 0.973. The molecule has 8 nitrogen and oxygen atoms in total. The molecule has 0 saturated carbocycles. The molecule has 29 heavy (non-hydrogen) atoms. The van der Waals surface area contributed by atoms with Crippen LogP contribution in [0.5, 0.6) is 5.75 Å². The van der Waals surface area contributed by atoms with E-state index in [1.165, 1.54) is 6.21 Å². The number of nitrogens with zero attached hydrogens (tertiary/aromatic N) is 2. The second kappa shape index (κ2) is 9.16. The number of nitrogens with one attached hydrogen (secondary N) is 1. The molecular formula is C20H16N3O5S-. The van der Waals surface area contributed by atoms with Crippen molar-refractivity contribution in [3.05, 3.63) is 65.2 Å². The summed E-state index contributed by atoms with van der Waals surface area (Å²) in [4.78, 5) is 34.6. The molecule has 0 aromatic heterocycles. The van der Waals surface area contributed by atoms with Gasteiger partial charge in [0.25, 0.3) is 0 Å². The van der Waals surface area contributed by atoms with E-state index in [9.17, 15) is 19.5 Å². The number of carboxylic acid groups (broad SMARTS) is 1. The number of amides is 1. The minimum absolute atomic E-state index is 0.187. The maximum atomic E-state index is 12.3. The van der Waals surface area contributed by atoms with Gasteiger partial charge in [0.2, 0.25) is 5.91 Å². The van der Waals surface area contributed by atoms with E-state index in [4.69, 9.17) is 4.74 Å². The van der Waals surface area contributed by atoms with Crippen LogP contribution in [-0.2, 0) is 9.59 Å². The molecule has 0 unspecified atom stereocenters. The molecule has 0 radical (unpaired) electrons. The molecule has 2 aromatic rings. The first kappa shape index (κ1) is 20.3. The molecule has 0 aliphatic carbocycles. The van der Waals surface area contributed by atoms with E-state index < -0.39 is 29.5 Å². The number of rotatable bonds is 6. The molecule has 1 amide bonds. The molecule has 0 bridgehead atoms. The number of aryl methyl sites for hydroxylation is 1. The maximum absolute atomic E-state index is 12.3. The molecule has 1 saturated heterocycles. The molecule has 1 fully saturated rings. The number of aliphatic carboxylic acids is 1. The van der Waals surface area contributed by atoms with Crippen LogP contribution in [0.2, 0.25) is 0 Å². The number of thioether (sulfide) groups is 1. The average molecular weight is 410 g/mol. The fraction of sp³-hybridized carbons (Fsp3) is 0.150. The minimum Gasteiger partial charge on any atom is -0.550 e. The summed E-state index contributed by atoms with van der Waals surface area (Å²) in [5.41, 5.74) is 1.97. The lowest BCUT2D eigenvalue weighted by atomic mass is 10.1. The Morgan fingerprint density at radius 1 is 1.21 bits per heavy atom. The van der Waals surface area contributed by atoms with Gasteiger partial charge in [0, 0.05) is 18.0 Å². The number of hydrogen-bond donors (Lipinski definition) is 1. The van der Waals surface area contributed by atoms with E-state index in [1.54, 1.807) is 36.4 Å². The Balaban J connectivity index is 1.69. The van der Waals surface area contributed by atoms with Crippen molar-refractivity contribution in [2.75, 3.05) is 0 Å². The van der Waals surface area contributed by atoms with E-state index >= 15 is 0 Å². The van der Waals surface area contributed by atoms with Crippen molar-refractivity contribution >= 4 is 41.0 Å². The lowest BCUT2D eigenvalue weighted by molar-refractivity contribution is -0.305. The highest BCUT2D eigenvalue weighted by Gasteiger charge is 2.30. The van der Waals surface area contributed by atoms with Gasteiger partial charge in [-0.05, 0) is 31.2 Å². The van der Waals surface area contributed by atoms with Crippen molar-refractivity contribution < 1.29 is 24.2 Å². The number of carboxylic acids is 1.